The molecule has 1 aliphatic rings. The molecule has 128 valence electrons. The van der Waals surface area contributed by atoms with Crippen molar-refractivity contribution < 1.29 is 9.53 Å². The number of aromatic nitrogens is 2. The molecule has 1 atom stereocenters. The molecule has 3 rings (SSSR count). The van der Waals surface area contributed by atoms with Gasteiger partial charge < -0.3 is 15.4 Å². The zero-order valence-electron chi connectivity index (χ0n) is 14.6. The van der Waals surface area contributed by atoms with E-state index in [1.165, 1.54) is 0 Å². The van der Waals surface area contributed by atoms with Crippen molar-refractivity contribution in [3.8, 4) is 5.75 Å². The number of hydrogen-bond acceptors (Lipinski definition) is 3. The quantitative estimate of drug-likeness (QED) is 0.885. The summed E-state index contributed by atoms with van der Waals surface area (Å²) in [5.74, 6) is 1.32. The molecule has 1 aliphatic carbocycles. The number of ether oxygens (including phenoxy) is 1. The zero-order chi connectivity index (χ0) is 17.3. The first-order chi connectivity index (χ1) is 11.5. The number of anilines is 1. The third-order valence-corrected chi connectivity index (χ3v) is 4.60. The van der Waals surface area contributed by atoms with Gasteiger partial charge in [-0.05, 0) is 50.3 Å². The fourth-order valence-corrected chi connectivity index (χ4v) is 2.96. The average molecular weight is 328 g/mol. The number of nitrogens with one attached hydrogen (secondary N) is 2. The molecule has 0 spiro atoms. The standard InChI is InChI=1S/C18H24N4O2/c1-11-16(12(2)22(3)21-11)19-18(23)20-17(13-5-6-13)14-7-9-15(24-4)10-8-14/h7-10,13,17H,5-6H2,1-4H3,(H2,19,20,23)/t17-/m1/s1. The maximum absolute atomic E-state index is 12.5. The molecule has 0 unspecified atom stereocenters. The van der Waals surface area contributed by atoms with Gasteiger partial charge in [0.15, 0.2) is 0 Å². The van der Waals surface area contributed by atoms with E-state index >= 15 is 0 Å². The van der Waals surface area contributed by atoms with Crippen LogP contribution in [0.2, 0.25) is 0 Å². The maximum atomic E-state index is 12.5. The van der Waals surface area contributed by atoms with Crippen molar-refractivity contribution in [2.75, 3.05) is 12.4 Å². The van der Waals surface area contributed by atoms with Crippen LogP contribution in [0.5, 0.6) is 5.75 Å². The minimum Gasteiger partial charge on any atom is -0.497 e. The molecule has 6 heteroatoms. The van der Waals surface area contributed by atoms with Gasteiger partial charge in [0.1, 0.15) is 5.75 Å². The normalized spacial score (nSPS) is 15.0. The molecule has 24 heavy (non-hydrogen) atoms. The molecule has 0 radical (unpaired) electrons. The Morgan fingerprint density at radius 2 is 1.96 bits per heavy atom. The van der Waals surface area contributed by atoms with E-state index in [2.05, 4.69) is 15.7 Å². The first-order valence-electron chi connectivity index (χ1n) is 8.21. The monoisotopic (exact) mass is 328 g/mol. The van der Waals surface area contributed by atoms with Gasteiger partial charge in [-0.1, -0.05) is 12.1 Å². The van der Waals surface area contributed by atoms with Crippen molar-refractivity contribution in [3.63, 3.8) is 0 Å². The number of urea groups is 1. The lowest BCUT2D eigenvalue weighted by atomic mass is 10.0. The SMILES string of the molecule is COc1ccc([C@H](NC(=O)Nc2c(C)nn(C)c2C)C2CC2)cc1. The van der Waals surface area contributed by atoms with Crippen molar-refractivity contribution in [2.24, 2.45) is 13.0 Å². The van der Waals surface area contributed by atoms with Crippen LogP contribution >= 0.6 is 0 Å². The first kappa shape index (κ1) is 16.4. The van der Waals surface area contributed by atoms with Gasteiger partial charge in [-0.15, -0.1) is 0 Å². The minimum absolute atomic E-state index is 0.0215. The number of methoxy groups -OCH3 is 1. The molecular weight excluding hydrogens is 304 g/mol. The van der Waals surface area contributed by atoms with Crippen molar-refractivity contribution in [1.29, 1.82) is 0 Å². The summed E-state index contributed by atoms with van der Waals surface area (Å²) in [5.41, 5.74) is 3.64. The highest BCUT2D eigenvalue weighted by atomic mass is 16.5. The van der Waals surface area contributed by atoms with Crippen LogP contribution in [-0.4, -0.2) is 22.9 Å². The Balaban J connectivity index is 1.72. The summed E-state index contributed by atoms with van der Waals surface area (Å²) in [6.07, 6.45) is 2.28. The molecule has 1 heterocycles. The zero-order valence-corrected chi connectivity index (χ0v) is 14.6. The summed E-state index contributed by atoms with van der Waals surface area (Å²) >= 11 is 0. The van der Waals surface area contributed by atoms with E-state index in [4.69, 9.17) is 4.74 Å². The van der Waals surface area contributed by atoms with E-state index in [-0.39, 0.29) is 12.1 Å². The molecule has 1 saturated carbocycles. The summed E-state index contributed by atoms with van der Waals surface area (Å²) in [6, 6.07) is 7.72. The highest BCUT2D eigenvalue weighted by Gasteiger charge is 2.33. The van der Waals surface area contributed by atoms with Crippen LogP contribution in [0, 0.1) is 19.8 Å². The molecule has 6 nitrogen and oxygen atoms in total. The lowest BCUT2D eigenvalue weighted by molar-refractivity contribution is 0.247. The van der Waals surface area contributed by atoms with E-state index in [1.807, 2.05) is 45.2 Å². The third-order valence-electron chi connectivity index (χ3n) is 4.60. The van der Waals surface area contributed by atoms with E-state index in [0.29, 0.717) is 5.92 Å². The van der Waals surface area contributed by atoms with Crippen molar-refractivity contribution in [2.45, 2.75) is 32.7 Å². The Morgan fingerprint density at radius 3 is 2.46 bits per heavy atom. The Kier molecular flexibility index (Phi) is 4.46. The molecular formula is C18H24N4O2. The van der Waals surface area contributed by atoms with Crippen LogP contribution in [-0.2, 0) is 7.05 Å². The second-order valence-electron chi connectivity index (χ2n) is 6.36. The molecule has 0 bridgehead atoms. The van der Waals surface area contributed by atoms with E-state index < -0.39 is 0 Å². The lowest BCUT2D eigenvalue weighted by Crippen LogP contribution is -2.34. The summed E-state index contributed by atoms with van der Waals surface area (Å²) in [6.45, 7) is 3.84. The molecule has 2 amide bonds. The second-order valence-corrected chi connectivity index (χ2v) is 6.36. The van der Waals surface area contributed by atoms with Crippen LogP contribution in [0.25, 0.3) is 0 Å². The number of hydrogen-bond donors (Lipinski definition) is 2. The fraction of sp³-hybridized carbons (Fsp3) is 0.444. The largest absolute Gasteiger partial charge is 0.497 e. The Bertz CT molecular complexity index is 732. The number of carbonyl (C=O) groups excluding carboxylic acids is 1. The van der Waals surface area contributed by atoms with Crippen molar-refractivity contribution >= 4 is 11.7 Å². The second kappa shape index (κ2) is 6.55. The van der Waals surface area contributed by atoms with Crippen LogP contribution in [0.1, 0.15) is 35.8 Å². The van der Waals surface area contributed by atoms with Gasteiger partial charge in [0, 0.05) is 7.05 Å². The Labute approximate surface area is 142 Å². The van der Waals surface area contributed by atoms with Gasteiger partial charge >= 0.3 is 6.03 Å². The summed E-state index contributed by atoms with van der Waals surface area (Å²) in [7, 11) is 3.52. The third kappa shape index (κ3) is 3.37. The first-order valence-corrected chi connectivity index (χ1v) is 8.21. The van der Waals surface area contributed by atoms with Crippen LogP contribution < -0.4 is 15.4 Å². The number of rotatable bonds is 5. The maximum Gasteiger partial charge on any atom is 0.319 e. The lowest BCUT2D eigenvalue weighted by Gasteiger charge is -2.19. The van der Waals surface area contributed by atoms with Gasteiger partial charge in [0.25, 0.3) is 0 Å². The number of nitrogens with zero attached hydrogens (tertiary/aromatic N) is 2. The summed E-state index contributed by atoms with van der Waals surface area (Å²) in [4.78, 5) is 12.5. The van der Waals surface area contributed by atoms with Gasteiger partial charge in [0.2, 0.25) is 0 Å². The smallest absolute Gasteiger partial charge is 0.319 e. The molecule has 0 saturated heterocycles. The number of amides is 2. The van der Waals surface area contributed by atoms with Crippen molar-refractivity contribution in [3.05, 3.63) is 41.2 Å². The number of aryl methyl sites for hydroxylation is 2. The number of carbonyl (C=O) groups is 1. The van der Waals surface area contributed by atoms with E-state index in [0.717, 1.165) is 41.2 Å². The Hall–Kier alpha value is -2.50. The average Bonchev–Trinajstić information content (AvgIpc) is 3.38. The topological polar surface area (TPSA) is 68.2 Å². The van der Waals surface area contributed by atoms with Gasteiger partial charge in [-0.3, -0.25) is 4.68 Å². The molecule has 1 aromatic carbocycles. The predicted molar refractivity (Wildman–Crippen MR) is 93.3 cm³/mol. The number of benzene rings is 1. The predicted octanol–water partition coefficient (Wildman–Crippen LogP) is 3.32. The highest BCUT2D eigenvalue weighted by Crippen LogP contribution is 2.41. The van der Waals surface area contributed by atoms with Gasteiger partial charge in [0.05, 0.1) is 30.2 Å². The van der Waals surface area contributed by atoms with Gasteiger partial charge in [-0.2, -0.15) is 5.10 Å². The fourth-order valence-electron chi connectivity index (χ4n) is 2.96. The summed E-state index contributed by atoms with van der Waals surface area (Å²) < 4.78 is 6.98. The van der Waals surface area contributed by atoms with Crippen molar-refractivity contribution in [1.82, 2.24) is 15.1 Å². The van der Waals surface area contributed by atoms with Gasteiger partial charge in [-0.25, -0.2) is 4.79 Å². The highest BCUT2D eigenvalue weighted by molar-refractivity contribution is 5.90. The molecule has 1 aromatic heterocycles. The van der Waals surface area contributed by atoms with Crippen LogP contribution in [0.3, 0.4) is 0 Å². The molecule has 1 fully saturated rings. The molecule has 2 N–H and O–H groups in total. The minimum atomic E-state index is -0.193. The van der Waals surface area contributed by atoms with Crippen LogP contribution in [0.15, 0.2) is 24.3 Å². The molecule has 2 aromatic rings. The van der Waals surface area contributed by atoms with E-state index in [1.54, 1.807) is 11.8 Å². The van der Waals surface area contributed by atoms with Crippen LogP contribution in [0.4, 0.5) is 10.5 Å². The summed E-state index contributed by atoms with van der Waals surface area (Å²) in [5, 5.41) is 10.4. The van der Waals surface area contributed by atoms with E-state index in [9.17, 15) is 4.79 Å². The Morgan fingerprint density at radius 1 is 1.29 bits per heavy atom. The molecule has 0 aliphatic heterocycles.